The van der Waals surface area contributed by atoms with E-state index in [0.29, 0.717) is 17.6 Å². The summed E-state index contributed by atoms with van der Waals surface area (Å²) in [4.78, 5) is 26.4. The number of amides is 1. The van der Waals surface area contributed by atoms with Gasteiger partial charge in [0, 0.05) is 38.3 Å². The number of nitro groups is 1. The summed E-state index contributed by atoms with van der Waals surface area (Å²) in [6.07, 6.45) is -1.62. The first-order chi connectivity index (χ1) is 16.5. The molecule has 1 heterocycles. The maximum absolute atomic E-state index is 13.0. The van der Waals surface area contributed by atoms with Crippen molar-refractivity contribution in [3.05, 3.63) is 63.7 Å². The standard InChI is InChI=1S/C24H26F3N3O5/c1-16(2)35-21-8-4-17(14-22(21)34-3)5-9-23(31)29-12-10-28(11-13-29)19-7-6-18(24(25,26)27)15-20(19)30(32)33/h4-9,14-16H,10-13H2,1-3H3/b9-5+. The highest BCUT2D eigenvalue weighted by molar-refractivity contribution is 5.92. The van der Waals surface area contributed by atoms with Crippen molar-refractivity contribution in [1.82, 2.24) is 4.90 Å². The maximum Gasteiger partial charge on any atom is 0.416 e. The Morgan fingerprint density at radius 2 is 1.77 bits per heavy atom. The van der Waals surface area contributed by atoms with Gasteiger partial charge in [-0.3, -0.25) is 14.9 Å². The summed E-state index contributed by atoms with van der Waals surface area (Å²) in [5.41, 5.74) is -0.850. The fourth-order valence-corrected chi connectivity index (χ4v) is 3.69. The molecule has 1 aliphatic heterocycles. The Kier molecular flexibility index (Phi) is 7.88. The van der Waals surface area contributed by atoms with Crippen molar-refractivity contribution in [1.29, 1.82) is 0 Å². The molecular formula is C24H26F3N3O5. The Morgan fingerprint density at radius 3 is 2.34 bits per heavy atom. The highest BCUT2D eigenvalue weighted by atomic mass is 19.4. The van der Waals surface area contributed by atoms with Gasteiger partial charge in [0.2, 0.25) is 5.91 Å². The molecule has 2 aromatic carbocycles. The number of hydrogen-bond acceptors (Lipinski definition) is 6. The largest absolute Gasteiger partial charge is 0.493 e. The van der Waals surface area contributed by atoms with Gasteiger partial charge in [-0.25, -0.2) is 0 Å². The van der Waals surface area contributed by atoms with Crippen LogP contribution in [0.3, 0.4) is 0 Å². The van der Waals surface area contributed by atoms with Gasteiger partial charge in [-0.15, -0.1) is 0 Å². The molecule has 0 unspecified atom stereocenters. The Labute approximate surface area is 200 Å². The lowest BCUT2D eigenvalue weighted by Crippen LogP contribution is -2.48. The Hall–Kier alpha value is -3.76. The van der Waals surface area contributed by atoms with Crippen LogP contribution in [0.2, 0.25) is 0 Å². The molecule has 1 fully saturated rings. The summed E-state index contributed by atoms with van der Waals surface area (Å²) >= 11 is 0. The maximum atomic E-state index is 13.0. The van der Waals surface area contributed by atoms with Crippen LogP contribution in [0.5, 0.6) is 11.5 Å². The van der Waals surface area contributed by atoms with Crippen molar-refractivity contribution in [3.8, 4) is 11.5 Å². The van der Waals surface area contributed by atoms with Crippen LogP contribution in [0.25, 0.3) is 6.08 Å². The highest BCUT2D eigenvalue weighted by Crippen LogP contribution is 2.37. The van der Waals surface area contributed by atoms with E-state index in [-0.39, 0.29) is 43.9 Å². The van der Waals surface area contributed by atoms with E-state index in [1.54, 1.807) is 34.1 Å². The smallest absolute Gasteiger partial charge is 0.416 e. The quantitative estimate of drug-likeness (QED) is 0.314. The minimum absolute atomic E-state index is 0.0189. The van der Waals surface area contributed by atoms with E-state index < -0.39 is 22.4 Å². The summed E-state index contributed by atoms with van der Waals surface area (Å²) in [7, 11) is 1.53. The number of carbonyl (C=O) groups excluding carboxylic acids is 1. The Balaban J connectivity index is 1.66. The molecule has 1 amide bonds. The fourth-order valence-electron chi connectivity index (χ4n) is 3.69. The number of nitro benzene ring substituents is 1. The predicted molar refractivity (Wildman–Crippen MR) is 125 cm³/mol. The molecule has 2 aromatic rings. The number of nitrogens with zero attached hydrogens (tertiary/aromatic N) is 3. The van der Waals surface area contributed by atoms with E-state index in [2.05, 4.69) is 0 Å². The second-order valence-corrected chi connectivity index (χ2v) is 8.18. The summed E-state index contributed by atoms with van der Waals surface area (Å²) in [6.45, 7) is 4.85. The van der Waals surface area contributed by atoms with E-state index in [0.717, 1.165) is 17.7 Å². The molecule has 1 saturated heterocycles. The molecule has 3 rings (SSSR count). The zero-order chi connectivity index (χ0) is 25.8. The number of hydrogen-bond donors (Lipinski definition) is 0. The van der Waals surface area contributed by atoms with Crippen LogP contribution in [0.1, 0.15) is 25.0 Å². The van der Waals surface area contributed by atoms with Crippen molar-refractivity contribution in [3.63, 3.8) is 0 Å². The molecule has 11 heteroatoms. The number of ether oxygens (including phenoxy) is 2. The van der Waals surface area contributed by atoms with Crippen molar-refractivity contribution < 1.29 is 32.4 Å². The average molecular weight is 493 g/mol. The molecule has 0 aromatic heterocycles. The second-order valence-electron chi connectivity index (χ2n) is 8.18. The van der Waals surface area contributed by atoms with Crippen molar-refractivity contribution in [2.75, 3.05) is 38.2 Å². The van der Waals surface area contributed by atoms with E-state index >= 15 is 0 Å². The predicted octanol–water partition coefficient (Wildman–Crippen LogP) is 4.77. The zero-order valence-corrected chi connectivity index (χ0v) is 19.5. The molecular weight excluding hydrogens is 467 g/mol. The Bertz CT molecular complexity index is 1110. The third-order valence-electron chi connectivity index (χ3n) is 5.40. The second kappa shape index (κ2) is 10.7. The van der Waals surface area contributed by atoms with E-state index in [4.69, 9.17) is 9.47 Å². The van der Waals surface area contributed by atoms with E-state index in [1.807, 2.05) is 13.8 Å². The van der Waals surface area contributed by atoms with Gasteiger partial charge in [-0.05, 0) is 49.8 Å². The van der Waals surface area contributed by atoms with Gasteiger partial charge >= 0.3 is 6.18 Å². The van der Waals surface area contributed by atoms with Crippen LogP contribution in [0.15, 0.2) is 42.5 Å². The molecule has 188 valence electrons. The number of rotatable bonds is 7. The molecule has 0 N–H and O–H groups in total. The third kappa shape index (κ3) is 6.43. The fraction of sp³-hybridized carbons (Fsp3) is 0.375. The van der Waals surface area contributed by atoms with Crippen LogP contribution in [0.4, 0.5) is 24.5 Å². The summed E-state index contributed by atoms with van der Waals surface area (Å²) in [6, 6.07) is 7.79. The highest BCUT2D eigenvalue weighted by Gasteiger charge is 2.34. The monoisotopic (exact) mass is 493 g/mol. The van der Waals surface area contributed by atoms with Gasteiger partial charge in [-0.2, -0.15) is 13.2 Å². The summed E-state index contributed by atoms with van der Waals surface area (Å²) < 4.78 is 49.9. The van der Waals surface area contributed by atoms with Crippen LogP contribution in [-0.4, -0.2) is 55.1 Å². The molecule has 0 aliphatic carbocycles. The topological polar surface area (TPSA) is 85.2 Å². The summed E-state index contributed by atoms with van der Waals surface area (Å²) in [5, 5.41) is 11.4. The van der Waals surface area contributed by atoms with Gasteiger partial charge < -0.3 is 19.3 Å². The average Bonchev–Trinajstić information content (AvgIpc) is 2.82. The van der Waals surface area contributed by atoms with Gasteiger partial charge in [0.05, 0.1) is 23.7 Å². The molecule has 0 atom stereocenters. The van der Waals surface area contributed by atoms with Gasteiger partial charge in [0.15, 0.2) is 11.5 Å². The number of benzene rings is 2. The summed E-state index contributed by atoms with van der Waals surface area (Å²) in [5.74, 6) is 0.896. The first-order valence-electron chi connectivity index (χ1n) is 10.9. The van der Waals surface area contributed by atoms with Gasteiger partial charge in [0.1, 0.15) is 5.69 Å². The van der Waals surface area contributed by atoms with Crippen LogP contribution in [0, 0.1) is 10.1 Å². The molecule has 8 nitrogen and oxygen atoms in total. The molecule has 0 saturated carbocycles. The number of alkyl halides is 3. The minimum atomic E-state index is -4.67. The lowest BCUT2D eigenvalue weighted by atomic mass is 10.1. The lowest BCUT2D eigenvalue weighted by molar-refractivity contribution is -0.384. The van der Waals surface area contributed by atoms with Gasteiger partial charge in [0.25, 0.3) is 5.69 Å². The van der Waals surface area contributed by atoms with Crippen LogP contribution < -0.4 is 14.4 Å². The van der Waals surface area contributed by atoms with Crippen LogP contribution in [-0.2, 0) is 11.0 Å². The zero-order valence-electron chi connectivity index (χ0n) is 19.5. The molecule has 0 bridgehead atoms. The van der Waals surface area contributed by atoms with Gasteiger partial charge in [-0.1, -0.05) is 6.07 Å². The van der Waals surface area contributed by atoms with E-state index in [1.165, 1.54) is 13.2 Å². The molecule has 0 spiro atoms. The Morgan fingerprint density at radius 1 is 1.09 bits per heavy atom. The number of halogens is 3. The van der Waals surface area contributed by atoms with Crippen molar-refractivity contribution in [2.24, 2.45) is 0 Å². The molecule has 1 aliphatic rings. The number of piperazine rings is 1. The third-order valence-corrected chi connectivity index (χ3v) is 5.40. The normalized spacial score (nSPS) is 14.5. The first kappa shape index (κ1) is 25.9. The van der Waals surface area contributed by atoms with Crippen molar-refractivity contribution >= 4 is 23.4 Å². The first-order valence-corrected chi connectivity index (χ1v) is 10.9. The SMILES string of the molecule is COc1cc(/C=C/C(=O)N2CCN(c3ccc(C(F)(F)F)cc3[N+](=O)[O-])CC2)ccc1OC(C)C. The molecule has 35 heavy (non-hydrogen) atoms. The molecule has 0 radical (unpaired) electrons. The van der Waals surface area contributed by atoms with Crippen molar-refractivity contribution in [2.45, 2.75) is 26.1 Å². The van der Waals surface area contributed by atoms with E-state index in [9.17, 15) is 28.1 Å². The number of methoxy groups -OCH3 is 1. The van der Waals surface area contributed by atoms with Crippen LogP contribution >= 0.6 is 0 Å². The minimum Gasteiger partial charge on any atom is -0.493 e. The lowest BCUT2D eigenvalue weighted by Gasteiger charge is -2.35. The number of carbonyl (C=O) groups is 1. The number of anilines is 1.